The third kappa shape index (κ3) is 3.60. The summed E-state index contributed by atoms with van der Waals surface area (Å²) in [6, 6.07) is 9.67. The number of hydrogen-bond acceptors (Lipinski definition) is 3. The van der Waals surface area contributed by atoms with Gasteiger partial charge in [0.15, 0.2) is 0 Å². The predicted molar refractivity (Wildman–Crippen MR) is 84.0 cm³/mol. The van der Waals surface area contributed by atoms with Gasteiger partial charge in [-0.05, 0) is 40.3 Å². The normalized spacial score (nSPS) is 27.2. The van der Waals surface area contributed by atoms with Crippen LogP contribution in [0.25, 0.3) is 0 Å². The van der Waals surface area contributed by atoms with E-state index in [1.165, 1.54) is 11.1 Å². The number of benzene rings is 1. The van der Waals surface area contributed by atoms with Crippen molar-refractivity contribution in [1.82, 2.24) is 10.2 Å². The highest BCUT2D eigenvalue weighted by Gasteiger charge is 2.30. The summed E-state index contributed by atoms with van der Waals surface area (Å²) in [5, 5.41) is 3.48. The van der Waals surface area contributed by atoms with E-state index in [1.54, 1.807) is 0 Å². The highest BCUT2D eigenvalue weighted by atomic mass is 16.5. The molecule has 1 aliphatic rings. The molecule has 1 saturated heterocycles. The van der Waals surface area contributed by atoms with Crippen LogP contribution in [-0.2, 0) is 4.74 Å². The fourth-order valence-electron chi connectivity index (χ4n) is 3.22. The minimum absolute atomic E-state index is 0.316. The van der Waals surface area contributed by atoms with E-state index in [1.807, 2.05) is 7.05 Å². The molecule has 1 aliphatic heterocycles. The van der Waals surface area contributed by atoms with Gasteiger partial charge in [-0.15, -0.1) is 0 Å². The zero-order valence-corrected chi connectivity index (χ0v) is 13.4. The molecular formula is C17H28N2O. The molecule has 4 unspecified atom stereocenters. The largest absolute Gasteiger partial charge is 0.373 e. The first kappa shape index (κ1) is 15.5. The van der Waals surface area contributed by atoms with Gasteiger partial charge in [0.1, 0.15) is 0 Å². The first-order valence-electron chi connectivity index (χ1n) is 7.64. The first-order chi connectivity index (χ1) is 9.51. The van der Waals surface area contributed by atoms with E-state index < -0.39 is 0 Å². The maximum atomic E-state index is 5.84. The minimum Gasteiger partial charge on any atom is -0.373 e. The van der Waals surface area contributed by atoms with Crippen molar-refractivity contribution in [3.63, 3.8) is 0 Å². The molecule has 0 saturated carbocycles. The van der Waals surface area contributed by atoms with Crippen molar-refractivity contribution in [2.45, 2.75) is 52.0 Å². The Bertz CT molecular complexity index is 408. The third-order valence-electron chi connectivity index (χ3n) is 4.25. The van der Waals surface area contributed by atoms with Crippen LogP contribution in [0.2, 0.25) is 0 Å². The van der Waals surface area contributed by atoms with E-state index in [2.05, 4.69) is 62.2 Å². The fourth-order valence-corrected chi connectivity index (χ4v) is 3.22. The molecule has 20 heavy (non-hydrogen) atoms. The summed E-state index contributed by atoms with van der Waals surface area (Å²) in [6.45, 7) is 10.8. The second-order valence-electron chi connectivity index (χ2n) is 6.13. The molecule has 0 aromatic heterocycles. The number of nitrogens with zero attached hydrogens (tertiary/aromatic N) is 1. The number of hydrogen-bond donors (Lipinski definition) is 1. The second-order valence-corrected chi connectivity index (χ2v) is 6.13. The number of morpholine rings is 1. The van der Waals surface area contributed by atoms with Gasteiger partial charge in [0, 0.05) is 25.2 Å². The van der Waals surface area contributed by atoms with Crippen molar-refractivity contribution in [3.05, 3.63) is 35.4 Å². The molecule has 0 amide bonds. The Hall–Kier alpha value is -0.900. The van der Waals surface area contributed by atoms with E-state index >= 15 is 0 Å². The van der Waals surface area contributed by atoms with E-state index in [0.29, 0.717) is 24.3 Å². The number of aryl methyl sites for hydroxylation is 1. The lowest BCUT2D eigenvalue weighted by Crippen LogP contribution is -2.52. The van der Waals surface area contributed by atoms with Crippen molar-refractivity contribution < 1.29 is 4.74 Å². The maximum Gasteiger partial charge on any atom is 0.0678 e. The number of nitrogens with one attached hydrogen (secondary N) is 1. The highest BCUT2D eigenvalue weighted by Crippen LogP contribution is 2.24. The summed E-state index contributed by atoms with van der Waals surface area (Å²) >= 11 is 0. The van der Waals surface area contributed by atoms with Gasteiger partial charge in [-0.25, -0.2) is 0 Å². The first-order valence-corrected chi connectivity index (χ1v) is 7.64. The summed E-state index contributed by atoms with van der Waals surface area (Å²) in [4.78, 5) is 2.54. The molecule has 3 nitrogen and oxygen atoms in total. The van der Waals surface area contributed by atoms with Crippen LogP contribution >= 0.6 is 0 Å². The molecule has 2 rings (SSSR count). The van der Waals surface area contributed by atoms with Crippen LogP contribution in [0.4, 0.5) is 0 Å². The van der Waals surface area contributed by atoms with E-state index in [9.17, 15) is 0 Å². The van der Waals surface area contributed by atoms with Crippen molar-refractivity contribution in [2.24, 2.45) is 0 Å². The molecule has 1 aromatic rings. The zero-order chi connectivity index (χ0) is 14.7. The third-order valence-corrected chi connectivity index (χ3v) is 4.25. The maximum absolute atomic E-state index is 5.84. The molecule has 1 fully saturated rings. The van der Waals surface area contributed by atoms with Gasteiger partial charge < -0.3 is 10.1 Å². The second kappa shape index (κ2) is 6.70. The Balaban J connectivity index is 2.12. The van der Waals surface area contributed by atoms with Crippen molar-refractivity contribution in [1.29, 1.82) is 0 Å². The number of likely N-dealkylation sites (N-methyl/N-ethyl adjacent to an activating group) is 1. The molecule has 0 aliphatic carbocycles. The molecule has 3 heteroatoms. The Kier molecular flexibility index (Phi) is 5.19. The van der Waals surface area contributed by atoms with Crippen LogP contribution in [0, 0.1) is 6.92 Å². The van der Waals surface area contributed by atoms with Crippen LogP contribution in [0.1, 0.15) is 37.9 Å². The van der Waals surface area contributed by atoms with Gasteiger partial charge in [0.25, 0.3) is 0 Å². The van der Waals surface area contributed by atoms with Crippen molar-refractivity contribution in [3.8, 4) is 0 Å². The van der Waals surface area contributed by atoms with Gasteiger partial charge in [0.05, 0.1) is 12.2 Å². The minimum atomic E-state index is 0.316. The summed E-state index contributed by atoms with van der Waals surface area (Å²) < 4.78 is 5.84. The van der Waals surface area contributed by atoms with Crippen LogP contribution in [0.5, 0.6) is 0 Å². The molecule has 1 heterocycles. The Morgan fingerprint density at radius 2 is 1.70 bits per heavy atom. The summed E-state index contributed by atoms with van der Waals surface area (Å²) in [7, 11) is 2.05. The molecule has 0 bridgehead atoms. The molecule has 1 aromatic carbocycles. The van der Waals surface area contributed by atoms with E-state index in [-0.39, 0.29) is 0 Å². The summed E-state index contributed by atoms with van der Waals surface area (Å²) in [5.41, 5.74) is 2.67. The summed E-state index contributed by atoms with van der Waals surface area (Å²) in [5.74, 6) is 0. The molecule has 112 valence electrons. The van der Waals surface area contributed by atoms with Gasteiger partial charge in [-0.1, -0.05) is 29.8 Å². The average molecular weight is 276 g/mol. The standard InChI is InChI=1S/C17H28N2O/c1-12-6-8-16(9-7-12)17(18-5)15(4)19-10-13(2)20-14(3)11-19/h6-9,13-15,17-18H,10-11H2,1-5H3. The van der Waals surface area contributed by atoms with Crippen molar-refractivity contribution >= 4 is 0 Å². The van der Waals surface area contributed by atoms with Gasteiger partial charge in [-0.2, -0.15) is 0 Å². The Morgan fingerprint density at radius 1 is 1.15 bits per heavy atom. The summed E-state index contributed by atoms with van der Waals surface area (Å²) in [6.07, 6.45) is 0.633. The quantitative estimate of drug-likeness (QED) is 0.915. The predicted octanol–water partition coefficient (Wildman–Crippen LogP) is 2.75. The lowest BCUT2D eigenvalue weighted by Gasteiger charge is -2.41. The molecule has 1 N–H and O–H groups in total. The Labute approximate surface area is 123 Å². The number of ether oxygens (including phenoxy) is 1. The zero-order valence-electron chi connectivity index (χ0n) is 13.4. The smallest absolute Gasteiger partial charge is 0.0678 e. The van der Waals surface area contributed by atoms with Crippen molar-refractivity contribution in [2.75, 3.05) is 20.1 Å². The molecule has 0 radical (unpaired) electrons. The van der Waals surface area contributed by atoms with Crippen LogP contribution in [0.3, 0.4) is 0 Å². The monoisotopic (exact) mass is 276 g/mol. The van der Waals surface area contributed by atoms with Crippen LogP contribution in [-0.4, -0.2) is 43.3 Å². The lowest BCUT2D eigenvalue weighted by molar-refractivity contribution is -0.0820. The lowest BCUT2D eigenvalue weighted by atomic mass is 9.97. The number of rotatable bonds is 4. The fraction of sp³-hybridized carbons (Fsp3) is 0.647. The van der Waals surface area contributed by atoms with Gasteiger partial charge >= 0.3 is 0 Å². The molecular weight excluding hydrogens is 248 g/mol. The van der Waals surface area contributed by atoms with E-state index in [4.69, 9.17) is 4.74 Å². The highest BCUT2D eigenvalue weighted by molar-refractivity contribution is 5.25. The Morgan fingerprint density at radius 3 is 2.20 bits per heavy atom. The van der Waals surface area contributed by atoms with Crippen LogP contribution < -0.4 is 5.32 Å². The topological polar surface area (TPSA) is 24.5 Å². The van der Waals surface area contributed by atoms with Gasteiger partial charge in [0.2, 0.25) is 0 Å². The van der Waals surface area contributed by atoms with Gasteiger partial charge in [-0.3, -0.25) is 4.90 Å². The molecule has 0 spiro atoms. The SMILES string of the molecule is CNC(c1ccc(C)cc1)C(C)N1CC(C)OC(C)C1. The van der Waals surface area contributed by atoms with E-state index in [0.717, 1.165) is 13.1 Å². The average Bonchev–Trinajstić information content (AvgIpc) is 2.40. The van der Waals surface area contributed by atoms with Crippen LogP contribution in [0.15, 0.2) is 24.3 Å². The molecule has 4 atom stereocenters.